The van der Waals surface area contributed by atoms with E-state index in [1.807, 2.05) is 0 Å². The first-order chi connectivity index (χ1) is 13.4. The topological polar surface area (TPSA) is 84.9 Å². The summed E-state index contributed by atoms with van der Waals surface area (Å²) < 4.78 is 37.2. The second kappa shape index (κ2) is 8.62. The highest BCUT2D eigenvalue weighted by Gasteiger charge is 2.30. The van der Waals surface area contributed by atoms with Crippen LogP contribution in [-0.4, -0.2) is 52.0 Å². The summed E-state index contributed by atoms with van der Waals surface area (Å²) in [6.45, 7) is 0.726. The SMILES string of the molecule is COc1ccc(C(=O)NC2CCN(S(=O)(=O)c3ccc(OC)cc3)CC2)cc1. The van der Waals surface area contributed by atoms with Crippen LogP contribution in [0, 0.1) is 0 Å². The molecule has 0 atom stereocenters. The number of carbonyl (C=O) groups excluding carboxylic acids is 1. The van der Waals surface area contributed by atoms with Gasteiger partial charge in [-0.25, -0.2) is 8.42 Å². The molecule has 1 heterocycles. The van der Waals surface area contributed by atoms with Crippen LogP contribution in [0.3, 0.4) is 0 Å². The highest BCUT2D eigenvalue weighted by atomic mass is 32.2. The molecule has 1 saturated heterocycles. The van der Waals surface area contributed by atoms with Crippen molar-refractivity contribution in [3.05, 3.63) is 54.1 Å². The molecule has 2 aromatic rings. The Balaban J connectivity index is 1.57. The first kappa shape index (κ1) is 20.2. The minimum Gasteiger partial charge on any atom is -0.497 e. The predicted octanol–water partition coefficient (Wildman–Crippen LogP) is 2.29. The van der Waals surface area contributed by atoms with Gasteiger partial charge in [0.25, 0.3) is 5.91 Å². The van der Waals surface area contributed by atoms with Crippen molar-refractivity contribution in [1.29, 1.82) is 0 Å². The number of nitrogens with one attached hydrogen (secondary N) is 1. The summed E-state index contributed by atoms with van der Waals surface area (Å²) in [7, 11) is -0.439. The van der Waals surface area contributed by atoms with E-state index in [-0.39, 0.29) is 16.8 Å². The molecule has 0 saturated carbocycles. The Hall–Kier alpha value is -2.58. The zero-order valence-corrected chi connectivity index (χ0v) is 16.7. The molecule has 3 rings (SSSR count). The van der Waals surface area contributed by atoms with Gasteiger partial charge in [0, 0.05) is 24.7 Å². The molecule has 1 aliphatic rings. The maximum atomic E-state index is 12.8. The predicted molar refractivity (Wildman–Crippen MR) is 105 cm³/mol. The molecule has 0 aliphatic carbocycles. The lowest BCUT2D eigenvalue weighted by Gasteiger charge is -2.31. The Morgan fingerprint density at radius 3 is 1.93 bits per heavy atom. The zero-order valence-electron chi connectivity index (χ0n) is 15.9. The van der Waals surface area contributed by atoms with Gasteiger partial charge in [-0.3, -0.25) is 4.79 Å². The third-order valence-electron chi connectivity index (χ3n) is 4.84. The summed E-state index contributed by atoms with van der Waals surface area (Å²) in [5, 5.41) is 2.98. The summed E-state index contributed by atoms with van der Waals surface area (Å²) in [6, 6.07) is 13.2. The number of hydrogen-bond acceptors (Lipinski definition) is 5. The Bertz CT molecular complexity index is 903. The number of sulfonamides is 1. The molecule has 0 spiro atoms. The molecule has 1 aliphatic heterocycles. The first-order valence-corrected chi connectivity index (χ1v) is 10.5. The standard InChI is InChI=1S/C20H24N2O5S/c1-26-17-5-3-15(4-6-17)20(23)21-16-11-13-22(14-12-16)28(24,25)19-9-7-18(27-2)8-10-19/h3-10,16H,11-14H2,1-2H3,(H,21,23). The van der Waals surface area contributed by atoms with Gasteiger partial charge in [-0.15, -0.1) is 0 Å². The molecule has 2 aromatic carbocycles. The first-order valence-electron chi connectivity index (χ1n) is 9.03. The van der Waals surface area contributed by atoms with Crippen molar-refractivity contribution >= 4 is 15.9 Å². The fourth-order valence-corrected chi connectivity index (χ4v) is 4.62. The van der Waals surface area contributed by atoms with Gasteiger partial charge < -0.3 is 14.8 Å². The van der Waals surface area contributed by atoms with Crippen molar-refractivity contribution in [2.24, 2.45) is 0 Å². The van der Waals surface area contributed by atoms with Crippen molar-refractivity contribution < 1.29 is 22.7 Å². The summed E-state index contributed by atoms with van der Waals surface area (Å²) in [5.74, 6) is 1.13. The highest BCUT2D eigenvalue weighted by Crippen LogP contribution is 2.23. The number of carbonyl (C=O) groups is 1. The molecule has 8 heteroatoms. The van der Waals surface area contributed by atoms with Gasteiger partial charge in [-0.05, 0) is 61.4 Å². The molecule has 1 fully saturated rings. The molecule has 0 radical (unpaired) electrons. The van der Waals surface area contributed by atoms with Crippen molar-refractivity contribution in [2.75, 3.05) is 27.3 Å². The molecule has 150 valence electrons. The smallest absolute Gasteiger partial charge is 0.251 e. The molecule has 7 nitrogen and oxygen atoms in total. The number of nitrogens with zero attached hydrogens (tertiary/aromatic N) is 1. The maximum Gasteiger partial charge on any atom is 0.251 e. The number of ether oxygens (including phenoxy) is 2. The van der Waals surface area contributed by atoms with Gasteiger partial charge in [0.05, 0.1) is 19.1 Å². The van der Waals surface area contributed by atoms with Gasteiger partial charge in [0.15, 0.2) is 0 Å². The average molecular weight is 404 g/mol. The zero-order chi connectivity index (χ0) is 20.1. The van der Waals surface area contributed by atoms with Gasteiger partial charge >= 0.3 is 0 Å². The average Bonchev–Trinajstić information content (AvgIpc) is 2.74. The monoisotopic (exact) mass is 404 g/mol. The van der Waals surface area contributed by atoms with Crippen LogP contribution in [0.2, 0.25) is 0 Å². The van der Waals surface area contributed by atoms with Crippen LogP contribution in [0.4, 0.5) is 0 Å². The van der Waals surface area contributed by atoms with E-state index in [4.69, 9.17) is 9.47 Å². The fourth-order valence-electron chi connectivity index (χ4n) is 3.15. The fraction of sp³-hybridized carbons (Fsp3) is 0.350. The van der Waals surface area contributed by atoms with Crippen molar-refractivity contribution in [3.8, 4) is 11.5 Å². The maximum absolute atomic E-state index is 12.8. The number of piperidine rings is 1. The number of hydrogen-bond donors (Lipinski definition) is 1. The van der Waals surface area contributed by atoms with Gasteiger partial charge in [0.2, 0.25) is 10.0 Å². The largest absolute Gasteiger partial charge is 0.497 e. The van der Waals surface area contributed by atoms with Gasteiger partial charge in [-0.1, -0.05) is 0 Å². The summed E-state index contributed by atoms with van der Waals surface area (Å²) in [4.78, 5) is 12.6. The summed E-state index contributed by atoms with van der Waals surface area (Å²) in [5.41, 5.74) is 0.550. The van der Waals surface area contributed by atoms with E-state index < -0.39 is 10.0 Å². The normalized spacial score (nSPS) is 15.8. The van der Waals surface area contributed by atoms with Crippen LogP contribution in [0.25, 0.3) is 0 Å². The molecule has 0 bridgehead atoms. The third kappa shape index (κ3) is 4.45. The molecule has 28 heavy (non-hydrogen) atoms. The second-order valence-corrected chi connectivity index (χ2v) is 8.49. The van der Waals surface area contributed by atoms with Crippen molar-refractivity contribution in [3.63, 3.8) is 0 Å². The lowest BCUT2D eigenvalue weighted by atomic mass is 10.1. The van der Waals surface area contributed by atoms with Crippen LogP contribution in [0.1, 0.15) is 23.2 Å². The van der Waals surface area contributed by atoms with E-state index in [9.17, 15) is 13.2 Å². The lowest BCUT2D eigenvalue weighted by molar-refractivity contribution is 0.0924. The van der Waals surface area contributed by atoms with Crippen LogP contribution in [-0.2, 0) is 10.0 Å². The number of benzene rings is 2. The van der Waals surface area contributed by atoms with Gasteiger partial charge in [0.1, 0.15) is 11.5 Å². The van der Waals surface area contributed by atoms with E-state index in [1.165, 1.54) is 11.4 Å². The quantitative estimate of drug-likeness (QED) is 0.799. The van der Waals surface area contributed by atoms with Crippen LogP contribution >= 0.6 is 0 Å². The van der Waals surface area contributed by atoms with Crippen molar-refractivity contribution in [2.45, 2.75) is 23.8 Å². The Kier molecular flexibility index (Phi) is 6.21. The Labute approximate surface area is 165 Å². The third-order valence-corrected chi connectivity index (χ3v) is 6.75. The van der Waals surface area contributed by atoms with Gasteiger partial charge in [-0.2, -0.15) is 4.31 Å². The Morgan fingerprint density at radius 1 is 0.929 bits per heavy atom. The number of amides is 1. The number of methoxy groups -OCH3 is 2. The molecule has 0 unspecified atom stereocenters. The minimum absolute atomic E-state index is 0.0584. The van der Waals surface area contributed by atoms with Crippen LogP contribution < -0.4 is 14.8 Å². The Morgan fingerprint density at radius 2 is 1.43 bits per heavy atom. The molecule has 1 N–H and O–H groups in total. The molecular weight excluding hydrogens is 380 g/mol. The number of rotatable bonds is 6. The van der Waals surface area contributed by atoms with E-state index in [2.05, 4.69) is 5.32 Å². The van der Waals surface area contributed by atoms with Crippen LogP contribution in [0.5, 0.6) is 11.5 Å². The molecule has 1 amide bonds. The van der Waals surface area contributed by atoms with E-state index in [0.717, 1.165) is 0 Å². The summed E-state index contributed by atoms with van der Waals surface area (Å²) >= 11 is 0. The lowest BCUT2D eigenvalue weighted by Crippen LogP contribution is -2.46. The highest BCUT2D eigenvalue weighted by molar-refractivity contribution is 7.89. The second-order valence-electron chi connectivity index (χ2n) is 6.56. The van der Waals surface area contributed by atoms with Crippen molar-refractivity contribution in [1.82, 2.24) is 9.62 Å². The molecule has 0 aromatic heterocycles. The van der Waals surface area contributed by atoms with E-state index in [0.29, 0.717) is 43.0 Å². The molecular formula is C20H24N2O5S. The minimum atomic E-state index is -3.55. The van der Waals surface area contributed by atoms with E-state index in [1.54, 1.807) is 55.6 Å². The van der Waals surface area contributed by atoms with Crippen LogP contribution in [0.15, 0.2) is 53.4 Å². The van der Waals surface area contributed by atoms with E-state index >= 15 is 0 Å². The summed E-state index contributed by atoms with van der Waals surface area (Å²) in [6.07, 6.45) is 1.13.